The van der Waals surface area contributed by atoms with Crippen molar-refractivity contribution in [1.29, 1.82) is 0 Å². The summed E-state index contributed by atoms with van der Waals surface area (Å²) >= 11 is 0. The van der Waals surface area contributed by atoms with Crippen LogP contribution in [0.15, 0.2) is 17.0 Å². The van der Waals surface area contributed by atoms with E-state index < -0.39 is 0 Å². The first kappa shape index (κ1) is 12.3. The number of H-pyrrole nitrogens is 1. The summed E-state index contributed by atoms with van der Waals surface area (Å²) in [6.45, 7) is 0. The number of hydrogen-bond acceptors (Lipinski definition) is 5. The molecule has 1 fully saturated rings. The van der Waals surface area contributed by atoms with Gasteiger partial charge in [-0.3, -0.25) is 0 Å². The maximum absolute atomic E-state index is 6.09. The molecule has 0 amide bonds. The number of nitrogens with zero attached hydrogens (tertiary/aromatic N) is 3. The molecular weight excluding hydrogens is 242 g/mol. The van der Waals surface area contributed by atoms with Crippen molar-refractivity contribution >= 4 is 0 Å². The Labute approximate surface area is 111 Å². The van der Waals surface area contributed by atoms with Crippen LogP contribution >= 0.6 is 0 Å². The van der Waals surface area contributed by atoms with E-state index in [-0.39, 0.29) is 6.04 Å². The van der Waals surface area contributed by atoms with Crippen molar-refractivity contribution in [1.82, 2.24) is 20.1 Å². The highest BCUT2D eigenvalue weighted by atomic mass is 16.5. The number of nitrogens with two attached hydrogens (primary N) is 1. The number of hydrogen-bond donors (Lipinski definition) is 2. The lowest BCUT2D eigenvalue weighted by atomic mass is 9.89. The highest BCUT2D eigenvalue weighted by molar-refractivity contribution is 5.04. The average Bonchev–Trinajstić information content (AvgIpc) is 3.10. The van der Waals surface area contributed by atoms with Crippen LogP contribution in [-0.4, -0.2) is 20.1 Å². The van der Waals surface area contributed by atoms with Crippen LogP contribution in [0.5, 0.6) is 0 Å². The van der Waals surface area contributed by atoms with Crippen LogP contribution in [0.4, 0.5) is 0 Å². The molecule has 0 unspecified atom stereocenters. The fraction of sp³-hybridized carbons (Fsp3) is 0.615. The lowest BCUT2D eigenvalue weighted by Gasteiger charge is -2.17. The Morgan fingerprint density at radius 2 is 2.21 bits per heavy atom. The van der Waals surface area contributed by atoms with Gasteiger partial charge in [-0.25, -0.2) is 4.98 Å². The zero-order chi connectivity index (χ0) is 13.1. The third-order valence-electron chi connectivity index (χ3n) is 3.74. The van der Waals surface area contributed by atoms with Crippen molar-refractivity contribution in [2.45, 2.75) is 50.5 Å². The minimum Gasteiger partial charge on any atom is -0.348 e. The fourth-order valence-electron chi connectivity index (χ4n) is 2.65. The number of nitrogens with one attached hydrogen (secondary N) is 1. The second-order valence-corrected chi connectivity index (χ2v) is 5.21. The first-order valence-electron chi connectivity index (χ1n) is 6.89. The summed E-state index contributed by atoms with van der Waals surface area (Å²) in [5.74, 6) is 1.80. The van der Waals surface area contributed by atoms with E-state index in [2.05, 4.69) is 20.1 Å². The molecule has 0 bridgehead atoms. The van der Waals surface area contributed by atoms with Gasteiger partial charge in [0.05, 0.1) is 12.4 Å². The van der Waals surface area contributed by atoms with E-state index in [1.807, 2.05) is 0 Å². The molecule has 6 heteroatoms. The van der Waals surface area contributed by atoms with Crippen LogP contribution in [0.25, 0.3) is 0 Å². The summed E-state index contributed by atoms with van der Waals surface area (Å²) in [5, 5.41) is 4.10. The molecule has 2 heterocycles. The molecular formula is C13H19N5O. The van der Waals surface area contributed by atoms with E-state index in [4.69, 9.17) is 10.3 Å². The smallest absolute Gasteiger partial charge is 0.243 e. The minimum absolute atomic E-state index is 0.273. The normalized spacial score (nSPS) is 18.6. The molecule has 6 nitrogen and oxygen atoms in total. The van der Waals surface area contributed by atoms with Crippen molar-refractivity contribution in [3.8, 4) is 0 Å². The Kier molecular flexibility index (Phi) is 3.59. The van der Waals surface area contributed by atoms with Gasteiger partial charge in [0.1, 0.15) is 0 Å². The van der Waals surface area contributed by atoms with Crippen LogP contribution in [0, 0.1) is 0 Å². The number of imidazole rings is 1. The highest BCUT2D eigenvalue weighted by Crippen LogP contribution is 2.31. The SMILES string of the molecule is N[C@@H](Cc1cnc[nH]1)c1nc(C2CCCCC2)no1. The highest BCUT2D eigenvalue weighted by Gasteiger charge is 2.23. The van der Waals surface area contributed by atoms with Gasteiger partial charge in [-0.05, 0) is 12.8 Å². The molecule has 0 aliphatic heterocycles. The monoisotopic (exact) mass is 261 g/mol. The first-order chi connectivity index (χ1) is 9.33. The van der Waals surface area contributed by atoms with Gasteiger partial charge in [0.2, 0.25) is 5.89 Å². The van der Waals surface area contributed by atoms with E-state index >= 15 is 0 Å². The number of rotatable bonds is 4. The summed E-state index contributed by atoms with van der Waals surface area (Å²) in [4.78, 5) is 11.5. The first-order valence-corrected chi connectivity index (χ1v) is 6.89. The molecule has 1 aliphatic rings. The summed E-state index contributed by atoms with van der Waals surface area (Å²) in [5.41, 5.74) is 7.06. The molecule has 19 heavy (non-hydrogen) atoms. The topological polar surface area (TPSA) is 93.6 Å². The second kappa shape index (κ2) is 5.52. The van der Waals surface area contributed by atoms with Crippen LogP contribution in [0.1, 0.15) is 61.5 Å². The van der Waals surface area contributed by atoms with Gasteiger partial charge in [0.25, 0.3) is 0 Å². The lowest BCUT2D eigenvalue weighted by molar-refractivity contribution is 0.340. The van der Waals surface area contributed by atoms with Gasteiger partial charge in [0, 0.05) is 24.2 Å². The standard InChI is InChI=1S/C13H19N5O/c14-11(6-10-7-15-8-16-10)13-17-12(18-19-13)9-4-2-1-3-5-9/h7-9,11H,1-6,14H2,(H,15,16)/t11-/m0/s1. The molecule has 3 N–H and O–H groups in total. The molecule has 2 aromatic heterocycles. The number of aromatic nitrogens is 4. The predicted octanol–water partition coefficient (Wildman–Crippen LogP) is 2.08. The van der Waals surface area contributed by atoms with E-state index in [0.717, 1.165) is 24.4 Å². The summed E-state index contributed by atoms with van der Waals surface area (Å²) in [6.07, 6.45) is 10.2. The predicted molar refractivity (Wildman–Crippen MR) is 69.3 cm³/mol. The Balaban J connectivity index is 1.66. The molecule has 0 saturated heterocycles. The zero-order valence-corrected chi connectivity index (χ0v) is 10.9. The van der Waals surface area contributed by atoms with E-state index in [1.165, 1.54) is 19.3 Å². The van der Waals surface area contributed by atoms with Gasteiger partial charge in [-0.1, -0.05) is 24.4 Å². The van der Waals surface area contributed by atoms with Gasteiger partial charge >= 0.3 is 0 Å². The van der Waals surface area contributed by atoms with Gasteiger partial charge < -0.3 is 15.2 Å². The zero-order valence-electron chi connectivity index (χ0n) is 10.9. The summed E-state index contributed by atoms with van der Waals surface area (Å²) < 4.78 is 5.31. The Morgan fingerprint density at radius 1 is 1.37 bits per heavy atom. The second-order valence-electron chi connectivity index (χ2n) is 5.21. The Bertz CT molecular complexity index is 501. The van der Waals surface area contributed by atoms with Gasteiger partial charge in [0.15, 0.2) is 5.82 Å². The van der Waals surface area contributed by atoms with Crippen molar-refractivity contribution in [3.05, 3.63) is 29.9 Å². The third kappa shape index (κ3) is 2.84. The minimum atomic E-state index is -0.273. The molecule has 1 aliphatic carbocycles. The molecule has 1 saturated carbocycles. The molecule has 2 aromatic rings. The maximum Gasteiger partial charge on any atom is 0.243 e. The van der Waals surface area contributed by atoms with Crippen molar-refractivity contribution in [3.63, 3.8) is 0 Å². The molecule has 0 aromatic carbocycles. The number of aromatic amines is 1. The molecule has 3 rings (SSSR count). The molecule has 0 radical (unpaired) electrons. The third-order valence-corrected chi connectivity index (χ3v) is 3.74. The molecule has 0 spiro atoms. The van der Waals surface area contributed by atoms with E-state index in [1.54, 1.807) is 12.5 Å². The largest absolute Gasteiger partial charge is 0.348 e. The Morgan fingerprint density at radius 3 is 2.95 bits per heavy atom. The van der Waals surface area contributed by atoms with Crippen molar-refractivity contribution < 1.29 is 4.52 Å². The summed E-state index contributed by atoms with van der Waals surface area (Å²) in [7, 11) is 0. The van der Waals surface area contributed by atoms with Crippen molar-refractivity contribution in [2.75, 3.05) is 0 Å². The van der Waals surface area contributed by atoms with Gasteiger partial charge in [-0.15, -0.1) is 0 Å². The van der Waals surface area contributed by atoms with Crippen LogP contribution < -0.4 is 5.73 Å². The van der Waals surface area contributed by atoms with E-state index in [0.29, 0.717) is 18.2 Å². The van der Waals surface area contributed by atoms with E-state index in [9.17, 15) is 0 Å². The Hall–Kier alpha value is -1.69. The van der Waals surface area contributed by atoms with Crippen LogP contribution in [-0.2, 0) is 6.42 Å². The molecule has 1 atom stereocenters. The van der Waals surface area contributed by atoms with Gasteiger partial charge in [-0.2, -0.15) is 4.98 Å². The average molecular weight is 261 g/mol. The fourth-order valence-corrected chi connectivity index (χ4v) is 2.65. The van der Waals surface area contributed by atoms with Crippen molar-refractivity contribution in [2.24, 2.45) is 5.73 Å². The van der Waals surface area contributed by atoms with Crippen LogP contribution in [0.3, 0.4) is 0 Å². The quantitative estimate of drug-likeness (QED) is 0.878. The lowest BCUT2D eigenvalue weighted by Crippen LogP contribution is -2.14. The molecule has 102 valence electrons. The summed E-state index contributed by atoms with van der Waals surface area (Å²) in [6, 6.07) is -0.273. The van der Waals surface area contributed by atoms with Crippen LogP contribution in [0.2, 0.25) is 0 Å². The maximum atomic E-state index is 6.09.